The van der Waals surface area contributed by atoms with Gasteiger partial charge in [0.25, 0.3) is 0 Å². The highest BCUT2D eigenvalue weighted by atomic mass is 16.1. The van der Waals surface area contributed by atoms with Gasteiger partial charge in [0.05, 0.1) is 24.1 Å². The normalized spacial score (nSPS) is 17.7. The van der Waals surface area contributed by atoms with Gasteiger partial charge in [0.1, 0.15) is 0 Å². The van der Waals surface area contributed by atoms with Crippen molar-refractivity contribution in [3.05, 3.63) is 59.3 Å². The van der Waals surface area contributed by atoms with Gasteiger partial charge in [-0.05, 0) is 38.3 Å². The van der Waals surface area contributed by atoms with Crippen LogP contribution in [0.3, 0.4) is 0 Å². The largest absolute Gasteiger partial charge is 0.380 e. The number of hydrogen-bond donors (Lipinski definition) is 4. The van der Waals surface area contributed by atoms with E-state index < -0.39 is 0 Å². The Morgan fingerprint density at radius 2 is 2.15 bits per heavy atom. The molecule has 1 amide bonds. The van der Waals surface area contributed by atoms with Gasteiger partial charge in [-0.3, -0.25) is 15.0 Å². The summed E-state index contributed by atoms with van der Waals surface area (Å²) in [7, 11) is 0. The summed E-state index contributed by atoms with van der Waals surface area (Å²) in [5, 5.41) is 20.5. The number of carbonyl (C=O) groups excluding carboxylic acids is 1. The van der Waals surface area contributed by atoms with Crippen LogP contribution >= 0.6 is 0 Å². The molecule has 0 spiro atoms. The monoisotopic (exact) mass is 352 g/mol. The van der Waals surface area contributed by atoms with Crippen LogP contribution in [0.5, 0.6) is 0 Å². The van der Waals surface area contributed by atoms with Crippen molar-refractivity contribution in [1.29, 1.82) is 0 Å². The Morgan fingerprint density at radius 3 is 2.85 bits per heavy atom. The summed E-state index contributed by atoms with van der Waals surface area (Å²) < 4.78 is 0. The number of nitrogens with zero attached hydrogens (tertiary/aromatic N) is 2. The maximum absolute atomic E-state index is 10.7. The molecule has 0 saturated carbocycles. The van der Waals surface area contributed by atoms with Crippen molar-refractivity contribution in [2.75, 3.05) is 0 Å². The number of rotatable bonds is 8. The summed E-state index contributed by atoms with van der Waals surface area (Å²) >= 11 is 0. The number of nitrogens with one attached hydrogen (secondary N) is 4. The van der Waals surface area contributed by atoms with Gasteiger partial charge in [0.15, 0.2) is 0 Å². The van der Waals surface area contributed by atoms with Gasteiger partial charge in [-0.15, -0.1) is 0 Å². The van der Waals surface area contributed by atoms with E-state index in [4.69, 9.17) is 0 Å². The molecule has 3 rings (SSSR count). The molecule has 0 fully saturated rings. The van der Waals surface area contributed by atoms with Crippen LogP contribution in [0.25, 0.3) is 11.6 Å². The number of H-pyrrole nitrogens is 2. The minimum Gasteiger partial charge on any atom is -0.380 e. The molecule has 2 unspecified atom stereocenters. The number of dihydropyridines is 1. The molecule has 0 aromatic carbocycles. The second-order valence-electron chi connectivity index (χ2n) is 6.47. The lowest BCUT2D eigenvalue weighted by atomic mass is 9.89. The van der Waals surface area contributed by atoms with E-state index in [2.05, 4.69) is 43.7 Å². The molecule has 0 saturated heterocycles. The van der Waals surface area contributed by atoms with Gasteiger partial charge in [0, 0.05) is 34.6 Å². The van der Waals surface area contributed by atoms with E-state index in [-0.39, 0.29) is 12.1 Å². The van der Waals surface area contributed by atoms with Crippen molar-refractivity contribution >= 4 is 18.1 Å². The summed E-state index contributed by atoms with van der Waals surface area (Å²) in [6.07, 6.45) is 12.1. The maximum atomic E-state index is 10.7. The quantitative estimate of drug-likeness (QED) is 0.549. The summed E-state index contributed by atoms with van der Waals surface area (Å²) in [5.41, 5.74) is 6.36. The highest BCUT2D eigenvalue weighted by Crippen LogP contribution is 2.34. The van der Waals surface area contributed by atoms with Crippen molar-refractivity contribution in [3.63, 3.8) is 0 Å². The lowest BCUT2D eigenvalue weighted by Gasteiger charge is -2.24. The molecule has 2 aromatic rings. The topological polar surface area (TPSA) is 98.5 Å². The fraction of sp³-hybridized carbons (Fsp3) is 0.316. The summed E-state index contributed by atoms with van der Waals surface area (Å²) in [6, 6.07) is 0.169. The summed E-state index contributed by atoms with van der Waals surface area (Å²) in [6.45, 7) is 7.87. The van der Waals surface area contributed by atoms with Crippen molar-refractivity contribution in [2.24, 2.45) is 0 Å². The highest BCUT2D eigenvalue weighted by Gasteiger charge is 2.22. The molecule has 1 aliphatic rings. The fourth-order valence-corrected chi connectivity index (χ4v) is 3.16. The fourth-order valence-electron chi connectivity index (χ4n) is 3.16. The summed E-state index contributed by atoms with van der Waals surface area (Å²) in [4.78, 5) is 10.7. The lowest BCUT2D eigenvalue weighted by Crippen LogP contribution is -2.25. The smallest absolute Gasteiger partial charge is 0.207 e. The Bertz CT molecular complexity index is 844. The molecule has 2 aromatic heterocycles. The van der Waals surface area contributed by atoms with Crippen LogP contribution in [0.15, 0.2) is 36.8 Å². The molecule has 136 valence electrons. The Morgan fingerprint density at radius 1 is 1.35 bits per heavy atom. The van der Waals surface area contributed by atoms with E-state index in [9.17, 15) is 4.79 Å². The van der Waals surface area contributed by atoms with Crippen LogP contribution in [0, 0.1) is 6.92 Å². The van der Waals surface area contributed by atoms with Crippen LogP contribution in [0.2, 0.25) is 0 Å². The van der Waals surface area contributed by atoms with Crippen molar-refractivity contribution < 1.29 is 4.79 Å². The number of allylic oxidation sites excluding steroid dienone is 2. The average molecular weight is 352 g/mol. The third kappa shape index (κ3) is 3.61. The number of aromatic amines is 2. The Hall–Kier alpha value is -3.09. The van der Waals surface area contributed by atoms with Crippen molar-refractivity contribution in [3.8, 4) is 0 Å². The predicted molar refractivity (Wildman–Crippen MR) is 102 cm³/mol. The van der Waals surface area contributed by atoms with Crippen molar-refractivity contribution in [1.82, 2.24) is 31.0 Å². The third-order valence-electron chi connectivity index (χ3n) is 4.69. The lowest BCUT2D eigenvalue weighted by molar-refractivity contribution is -0.110. The predicted octanol–water partition coefficient (Wildman–Crippen LogP) is 2.61. The summed E-state index contributed by atoms with van der Waals surface area (Å²) in [5.74, 6) is 0. The number of carbonyl (C=O) groups is 1. The molecular formula is C19H24N6O. The second kappa shape index (κ2) is 7.86. The molecule has 0 radical (unpaired) electrons. The third-order valence-corrected chi connectivity index (χ3v) is 4.69. The van der Waals surface area contributed by atoms with Crippen LogP contribution in [-0.2, 0) is 4.79 Å². The van der Waals surface area contributed by atoms with Crippen LogP contribution in [-0.4, -0.2) is 32.8 Å². The van der Waals surface area contributed by atoms with E-state index in [0.29, 0.717) is 0 Å². The van der Waals surface area contributed by atoms with E-state index in [1.807, 2.05) is 32.4 Å². The molecule has 0 aliphatic carbocycles. The van der Waals surface area contributed by atoms with Gasteiger partial charge in [-0.1, -0.05) is 12.7 Å². The zero-order chi connectivity index (χ0) is 18.5. The number of amides is 1. The second-order valence-corrected chi connectivity index (χ2v) is 6.47. The van der Waals surface area contributed by atoms with Gasteiger partial charge in [-0.2, -0.15) is 10.2 Å². The van der Waals surface area contributed by atoms with E-state index in [0.717, 1.165) is 47.3 Å². The van der Waals surface area contributed by atoms with Gasteiger partial charge in [0.2, 0.25) is 6.41 Å². The Kier molecular flexibility index (Phi) is 5.36. The van der Waals surface area contributed by atoms with Crippen molar-refractivity contribution in [2.45, 2.75) is 38.8 Å². The van der Waals surface area contributed by atoms with E-state index >= 15 is 0 Å². The first kappa shape index (κ1) is 17.7. The van der Waals surface area contributed by atoms with Crippen LogP contribution in [0.1, 0.15) is 48.3 Å². The van der Waals surface area contributed by atoms with Crippen LogP contribution < -0.4 is 10.6 Å². The van der Waals surface area contributed by atoms with Gasteiger partial charge >= 0.3 is 0 Å². The molecule has 2 atom stereocenters. The first-order valence-corrected chi connectivity index (χ1v) is 8.67. The molecule has 1 aliphatic heterocycles. The molecule has 4 N–H and O–H groups in total. The molecule has 7 heteroatoms. The van der Waals surface area contributed by atoms with E-state index in [1.54, 1.807) is 6.08 Å². The molecule has 3 heterocycles. The molecular weight excluding hydrogens is 328 g/mol. The van der Waals surface area contributed by atoms with Gasteiger partial charge in [-0.25, -0.2) is 0 Å². The van der Waals surface area contributed by atoms with E-state index in [1.165, 1.54) is 5.57 Å². The Balaban J connectivity index is 1.90. The highest BCUT2D eigenvalue weighted by molar-refractivity contribution is 5.83. The average Bonchev–Trinajstić information content (AvgIpc) is 3.28. The first-order chi connectivity index (χ1) is 12.6. The zero-order valence-corrected chi connectivity index (χ0v) is 15.0. The number of hydrogen-bond acceptors (Lipinski definition) is 4. The minimum atomic E-state index is 0.0564. The molecule has 7 nitrogen and oxygen atoms in total. The first-order valence-electron chi connectivity index (χ1n) is 8.67. The minimum absolute atomic E-state index is 0.0564. The SMILES string of the molecule is C=Cc1[nH]ncc1C1=CNC(c2cn[nH]c2C)C=C1CCC(C)NC=O. The standard InChI is InChI=1S/C19H24N6O/c1-4-18-17(10-23-25-18)16-8-20-19(15-9-22-24-13(15)3)7-14(16)6-5-12(2)21-11-26/h4,7-12,19-20H,1,5-6H2,2-3H3,(H,21,26)(H,22,24)(H,23,25). The Labute approximate surface area is 152 Å². The van der Waals surface area contributed by atoms with Crippen LogP contribution in [0.4, 0.5) is 0 Å². The molecule has 26 heavy (non-hydrogen) atoms. The maximum Gasteiger partial charge on any atom is 0.207 e. The van der Waals surface area contributed by atoms with Gasteiger partial charge < -0.3 is 10.6 Å². The number of aryl methyl sites for hydroxylation is 1. The number of aromatic nitrogens is 4. The zero-order valence-electron chi connectivity index (χ0n) is 15.0. The molecule has 0 bridgehead atoms.